The van der Waals surface area contributed by atoms with Gasteiger partial charge in [-0.1, -0.05) is 0 Å². The summed E-state index contributed by atoms with van der Waals surface area (Å²) in [4.78, 5) is 11.3. The standard InChI is InChI=1S/C8H11N5OS/c1-5-6(3-12(2)11-5)4-13-7(14)9-10-8(13)15/h3H,4H2,1-2H3,(H,9,14)(H,10,15). The molecule has 0 aromatic carbocycles. The molecule has 0 amide bonds. The van der Waals surface area contributed by atoms with Crippen molar-refractivity contribution in [3.05, 3.63) is 32.7 Å². The van der Waals surface area contributed by atoms with E-state index in [1.807, 2.05) is 20.2 Å². The second kappa shape index (κ2) is 3.50. The lowest BCUT2D eigenvalue weighted by Crippen LogP contribution is -2.17. The highest BCUT2D eigenvalue weighted by molar-refractivity contribution is 7.71. The Labute approximate surface area is 90.5 Å². The third-order valence-corrected chi connectivity index (χ3v) is 2.53. The SMILES string of the molecule is Cc1nn(C)cc1Cn1c(=O)[nH][nH]c1=S. The summed E-state index contributed by atoms with van der Waals surface area (Å²) in [6.07, 6.45) is 1.88. The molecular weight excluding hydrogens is 214 g/mol. The molecule has 7 heteroatoms. The summed E-state index contributed by atoms with van der Waals surface area (Å²) >= 11 is 4.97. The number of aromatic nitrogens is 5. The molecule has 0 fully saturated rings. The topological polar surface area (TPSA) is 71.4 Å². The van der Waals surface area contributed by atoms with E-state index in [9.17, 15) is 4.79 Å². The summed E-state index contributed by atoms with van der Waals surface area (Å²) in [6, 6.07) is 0. The fourth-order valence-electron chi connectivity index (χ4n) is 1.45. The normalized spacial score (nSPS) is 10.8. The predicted octanol–water partition coefficient (Wildman–Crippen LogP) is 0.324. The first kappa shape index (κ1) is 9.91. The minimum atomic E-state index is -0.233. The maximum absolute atomic E-state index is 11.3. The second-order valence-corrected chi connectivity index (χ2v) is 3.75. The van der Waals surface area contributed by atoms with Crippen LogP contribution in [0.3, 0.4) is 0 Å². The Hall–Kier alpha value is -1.63. The van der Waals surface area contributed by atoms with Crippen molar-refractivity contribution in [1.29, 1.82) is 0 Å². The van der Waals surface area contributed by atoms with Crippen molar-refractivity contribution < 1.29 is 0 Å². The van der Waals surface area contributed by atoms with Gasteiger partial charge in [-0.15, -0.1) is 0 Å². The number of hydrogen-bond donors (Lipinski definition) is 2. The number of nitrogens with zero attached hydrogens (tertiary/aromatic N) is 3. The molecule has 80 valence electrons. The van der Waals surface area contributed by atoms with Crippen LogP contribution in [0.5, 0.6) is 0 Å². The molecule has 0 aliphatic carbocycles. The van der Waals surface area contributed by atoms with Crippen molar-refractivity contribution in [3.8, 4) is 0 Å². The number of aromatic amines is 2. The van der Waals surface area contributed by atoms with E-state index in [-0.39, 0.29) is 5.69 Å². The summed E-state index contributed by atoms with van der Waals surface area (Å²) in [6.45, 7) is 2.34. The molecule has 6 nitrogen and oxygen atoms in total. The third-order valence-electron chi connectivity index (χ3n) is 2.21. The molecule has 2 rings (SSSR count). The van der Waals surface area contributed by atoms with Crippen LogP contribution >= 0.6 is 12.2 Å². The fraction of sp³-hybridized carbons (Fsp3) is 0.375. The van der Waals surface area contributed by atoms with E-state index < -0.39 is 0 Å². The molecule has 0 spiro atoms. The third kappa shape index (κ3) is 1.78. The van der Waals surface area contributed by atoms with E-state index >= 15 is 0 Å². The molecule has 0 bridgehead atoms. The molecule has 2 heterocycles. The van der Waals surface area contributed by atoms with Gasteiger partial charge >= 0.3 is 5.69 Å². The van der Waals surface area contributed by atoms with Crippen molar-refractivity contribution in [1.82, 2.24) is 24.5 Å². The molecule has 0 atom stereocenters. The molecule has 0 saturated heterocycles. The molecule has 0 radical (unpaired) electrons. The molecule has 15 heavy (non-hydrogen) atoms. The average molecular weight is 225 g/mol. The molecule has 0 saturated carbocycles. The van der Waals surface area contributed by atoms with Gasteiger partial charge in [-0.3, -0.25) is 14.3 Å². The van der Waals surface area contributed by atoms with Crippen molar-refractivity contribution in [2.75, 3.05) is 0 Å². The Bertz CT molecular complexity index is 559. The van der Waals surface area contributed by atoms with Gasteiger partial charge in [-0.2, -0.15) is 5.10 Å². The average Bonchev–Trinajstić information content (AvgIpc) is 2.63. The summed E-state index contributed by atoms with van der Waals surface area (Å²) in [7, 11) is 1.84. The zero-order chi connectivity index (χ0) is 11.0. The first-order valence-corrected chi connectivity index (χ1v) is 4.85. The first-order valence-electron chi connectivity index (χ1n) is 4.44. The molecule has 2 aromatic heterocycles. The van der Waals surface area contributed by atoms with Gasteiger partial charge in [-0.25, -0.2) is 9.89 Å². The van der Waals surface area contributed by atoms with Gasteiger partial charge in [0.1, 0.15) is 0 Å². The molecule has 0 aliphatic heterocycles. The van der Waals surface area contributed by atoms with Crippen LogP contribution in [0.1, 0.15) is 11.3 Å². The summed E-state index contributed by atoms with van der Waals surface area (Å²) < 4.78 is 3.57. The highest BCUT2D eigenvalue weighted by atomic mass is 32.1. The zero-order valence-corrected chi connectivity index (χ0v) is 9.26. The Balaban J connectivity index is 2.42. The molecule has 2 N–H and O–H groups in total. The maximum Gasteiger partial charge on any atom is 0.342 e. The van der Waals surface area contributed by atoms with E-state index in [1.165, 1.54) is 4.57 Å². The molecule has 2 aromatic rings. The van der Waals surface area contributed by atoms with E-state index in [0.29, 0.717) is 11.3 Å². The predicted molar refractivity (Wildman–Crippen MR) is 57.3 cm³/mol. The van der Waals surface area contributed by atoms with Crippen LogP contribution in [0.15, 0.2) is 11.0 Å². The smallest absolute Gasteiger partial charge is 0.275 e. The number of hydrogen-bond acceptors (Lipinski definition) is 3. The van der Waals surface area contributed by atoms with Crippen LogP contribution in [-0.2, 0) is 13.6 Å². The van der Waals surface area contributed by atoms with E-state index in [2.05, 4.69) is 15.3 Å². The number of nitrogens with one attached hydrogen (secondary N) is 2. The van der Waals surface area contributed by atoms with E-state index in [4.69, 9.17) is 12.2 Å². The fourth-order valence-corrected chi connectivity index (χ4v) is 1.65. The lowest BCUT2D eigenvalue weighted by atomic mass is 10.3. The van der Waals surface area contributed by atoms with E-state index in [0.717, 1.165) is 11.3 Å². The molecule has 0 aliphatic rings. The van der Waals surface area contributed by atoms with Gasteiger partial charge in [0.15, 0.2) is 4.77 Å². The van der Waals surface area contributed by atoms with Gasteiger partial charge in [0.25, 0.3) is 0 Å². The maximum atomic E-state index is 11.3. The molecular formula is C8H11N5OS. The Morgan fingerprint density at radius 2 is 2.27 bits per heavy atom. The van der Waals surface area contributed by atoms with Crippen LogP contribution in [0, 0.1) is 11.7 Å². The van der Waals surface area contributed by atoms with Crippen molar-refractivity contribution in [2.24, 2.45) is 7.05 Å². The quantitative estimate of drug-likeness (QED) is 0.723. The van der Waals surface area contributed by atoms with Crippen LogP contribution in [0.2, 0.25) is 0 Å². The lowest BCUT2D eigenvalue weighted by Gasteiger charge is -1.97. The highest BCUT2D eigenvalue weighted by Crippen LogP contribution is 2.05. The Morgan fingerprint density at radius 3 is 2.73 bits per heavy atom. The minimum absolute atomic E-state index is 0.233. The summed E-state index contributed by atoms with van der Waals surface area (Å²) in [5, 5.41) is 9.23. The van der Waals surface area contributed by atoms with E-state index in [1.54, 1.807) is 4.68 Å². The molecule has 0 unspecified atom stereocenters. The highest BCUT2D eigenvalue weighted by Gasteiger charge is 2.06. The van der Waals surface area contributed by atoms with Gasteiger partial charge in [0, 0.05) is 18.8 Å². The van der Waals surface area contributed by atoms with Crippen LogP contribution in [-0.4, -0.2) is 24.5 Å². The Morgan fingerprint density at radius 1 is 1.53 bits per heavy atom. The minimum Gasteiger partial charge on any atom is -0.275 e. The van der Waals surface area contributed by atoms with Crippen LogP contribution < -0.4 is 5.69 Å². The summed E-state index contributed by atoms with van der Waals surface area (Å²) in [5.41, 5.74) is 1.65. The van der Waals surface area contributed by atoms with Crippen molar-refractivity contribution >= 4 is 12.2 Å². The number of H-pyrrole nitrogens is 2. The van der Waals surface area contributed by atoms with Gasteiger partial charge in [0.2, 0.25) is 0 Å². The van der Waals surface area contributed by atoms with Crippen molar-refractivity contribution in [2.45, 2.75) is 13.5 Å². The van der Waals surface area contributed by atoms with Gasteiger partial charge in [0.05, 0.1) is 12.2 Å². The largest absolute Gasteiger partial charge is 0.342 e. The monoisotopic (exact) mass is 225 g/mol. The zero-order valence-electron chi connectivity index (χ0n) is 8.44. The first-order chi connectivity index (χ1) is 7.08. The van der Waals surface area contributed by atoms with Crippen LogP contribution in [0.4, 0.5) is 0 Å². The van der Waals surface area contributed by atoms with Crippen LogP contribution in [0.25, 0.3) is 0 Å². The summed E-state index contributed by atoms with van der Waals surface area (Å²) in [5.74, 6) is 0. The lowest BCUT2D eigenvalue weighted by molar-refractivity contribution is 0.744. The van der Waals surface area contributed by atoms with Gasteiger partial charge in [-0.05, 0) is 19.1 Å². The number of aryl methyl sites for hydroxylation is 2. The number of rotatable bonds is 2. The van der Waals surface area contributed by atoms with Crippen molar-refractivity contribution in [3.63, 3.8) is 0 Å². The second-order valence-electron chi connectivity index (χ2n) is 3.36. The Kier molecular flexibility index (Phi) is 2.31. The van der Waals surface area contributed by atoms with Gasteiger partial charge < -0.3 is 0 Å².